The van der Waals surface area contributed by atoms with Crippen LogP contribution in [0.3, 0.4) is 0 Å². The molecule has 0 saturated carbocycles. The lowest BCUT2D eigenvalue weighted by Gasteiger charge is -2.37. The molecule has 2 aromatic rings. The van der Waals surface area contributed by atoms with Crippen LogP contribution < -0.4 is 15.5 Å². The van der Waals surface area contributed by atoms with Gasteiger partial charge in [-0.15, -0.1) is 24.0 Å². The normalized spacial score (nSPS) is 14.5. The molecule has 1 aromatic carbocycles. The standard InChI is InChI=1S/C18H24ClN7.HI/c1-20-18(24-8-7-23-17-14-21-5-6-22-17)26-11-9-25(10-12-26)16-4-2-3-15(19)13-16;/h2-6,13-14H,7-12H2,1H3,(H,20,24)(H,22,23);1H. The van der Waals surface area contributed by atoms with Gasteiger partial charge in [0, 0.05) is 69.4 Å². The van der Waals surface area contributed by atoms with E-state index in [-0.39, 0.29) is 24.0 Å². The lowest BCUT2D eigenvalue weighted by molar-refractivity contribution is 0.373. The second-order valence-electron chi connectivity index (χ2n) is 5.95. The topological polar surface area (TPSA) is 68.7 Å². The molecule has 1 fully saturated rings. The van der Waals surface area contributed by atoms with E-state index in [0.29, 0.717) is 0 Å². The third-order valence-corrected chi connectivity index (χ3v) is 4.48. The average Bonchev–Trinajstić information content (AvgIpc) is 2.69. The fraction of sp³-hybridized carbons (Fsp3) is 0.389. The summed E-state index contributed by atoms with van der Waals surface area (Å²) in [6.45, 7) is 5.24. The zero-order valence-electron chi connectivity index (χ0n) is 15.3. The van der Waals surface area contributed by atoms with Crippen LogP contribution in [0.5, 0.6) is 0 Å². The van der Waals surface area contributed by atoms with Gasteiger partial charge in [-0.1, -0.05) is 17.7 Å². The van der Waals surface area contributed by atoms with Crippen LogP contribution in [-0.2, 0) is 0 Å². The molecule has 0 bridgehead atoms. The maximum Gasteiger partial charge on any atom is 0.193 e. The van der Waals surface area contributed by atoms with Crippen LogP contribution in [0, 0.1) is 0 Å². The molecule has 2 N–H and O–H groups in total. The van der Waals surface area contributed by atoms with Gasteiger partial charge in [-0.25, -0.2) is 4.98 Å². The van der Waals surface area contributed by atoms with Gasteiger partial charge in [-0.3, -0.25) is 9.98 Å². The largest absolute Gasteiger partial charge is 0.368 e. The van der Waals surface area contributed by atoms with Gasteiger partial charge in [-0.2, -0.15) is 0 Å². The number of piperazine rings is 1. The number of aromatic nitrogens is 2. The molecule has 0 spiro atoms. The molecule has 146 valence electrons. The zero-order chi connectivity index (χ0) is 18.2. The molecule has 7 nitrogen and oxygen atoms in total. The molecule has 0 unspecified atom stereocenters. The molecular formula is C18H25ClIN7. The van der Waals surface area contributed by atoms with Gasteiger partial charge in [0.15, 0.2) is 5.96 Å². The van der Waals surface area contributed by atoms with Crippen molar-refractivity contribution in [2.24, 2.45) is 4.99 Å². The van der Waals surface area contributed by atoms with Crippen LogP contribution in [-0.4, -0.2) is 67.1 Å². The third kappa shape index (κ3) is 6.39. The van der Waals surface area contributed by atoms with Crippen molar-refractivity contribution in [1.82, 2.24) is 20.2 Å². The lowest BCUT2D eigenvalue weighted by atomic mass is 10.2. The van der Waals surface area contributed by atoms with Gasteiger partial charge >= 0.3 is 0 Å². The Morgan fingerprint density at radius 1 is 1.19 bits per heavy atom. The highest BCUT2D eigenvalue weighted by Crippen LogP contribution is 2.20. The molecule has 1 aliphatic rings. The average molecular weight is 502 g/mol. The Morgan fingerprint density at radius 2 is 2.00 bits per heavy atom. The van der Waals surface area contributed by atoms with Crippen LogP contribution >= 0.6 is 35.6 Å². The van der Waals surface area contributed by atoms with Crippen molar-refractivity contribution in [3.8, 4) is 0 Å². The molecule has 1 aliphatic heterocycles. The summed E-state index contributed by atoms with van der Waals surface area (Å²) in [4.78, 5) is 17.3. The highest BCUT2D eigenvalue weighted by atomic mass is 127. The Balaban J connectivity index is 0.00000261. The van der Waals surface area contributed by atoms with E-state index in [1.807, 2.05) is 25.2 Å². The van der Waals surface area contributed by atoms with Gasteiger partial charge in [0.25, 0.3) is 0 Å². The van der Waals surface area contributed by atoms with Crippen LogP contribution in [0.15, 0.2) is 47.8 Å². The first-order chi connectivity index (χ1) is 12.8. The molecule has 3 rings (SSSR count). The van der Waals surface area contributed by atoms with E-state index in [9.17, 15) is 0 Å². The molecule has 0 aliphatic carbocycles. The SMILES string of the molecule is CN=C(NCCNc1cnccn1)N1CCN(c2cccc(Cl)c2)CC1.I. The number of halogens is 2. The van der Waals surface area contributed by atoms with Gasteiger partial charge in [0.2, 0.25) is 0 Å². The smallest absolute Gasteiger partial charge is 0.193 e. The maximum absolute atomic E-state index is 6.10. The van der Waals surface area contributed by atoms with Crippen LogP contribution in [0.1, 0.15) is 0 Å². The monoisotopic (exact) mass is 501 g/mol. The number of anilines is 2. The van der Waals surface area contributed by atoms with Gasteiger partial charge in [0.1, 0.15) is 5.82 Å². The highest BCUT2D eigenvalue weighted by Gasteiger charge is 2.19. The summed E-state index contributed by atoms with van der Waals surface area (Å²) >= 11 is 6.10. The molecular weight excluding hydrogens is 477 g/mol. The number of benzene rings is 1. The number of rotatable bonds is 5. The minimum Gasteiger partial charge on any atom is -0.368 e. The molecule has 2 heterocycles. The van der Waals surface area contributed by atoms with E-state index in [0.717, 1.165) is 56.1 Å². The number of aliphatic imine (C=N–C) groups is 1. The summed E-state index contributed by atoms with van der Waals surface area (Å²) in [6, 6.07) is 8.02. The summed E-state index contributed by atoms with van der Waals surface area (Å²) in [6.07, 6.45) is 5.05. The summed E-state index contributed by atoms with van der Waals surface area (Å²) in [5.41, 5.74) is 1.17. The molecule has 1 aromatic heterocycles. The summed E-state index contributed by atoms with van der Waals surface area (Å²) in [7, 11) is 1.82. The van der Waals surface area contributed by atoms with E-state index < -0.39 is 0 Å². The Bertz CT molecular complexity index is 721. The molecule has 0 atom stereocenters. The number of hydrogen-bond donors (Lipinski definition) is 2. The Morgan fingerprint density at radius 3 is 2.67 bits per heavy atom. The predicted molar refractivity (Wildman–Crippen MR) is 123 cm³/mol. The second kappa shape index (κ2) is 11.1. The van der Waals surface area contributed by atoms with Crippen molar-refractivity contribution in [3.63, 3.8) is 0 Å². The van der Waals surface area contributed by atoms with Crippen LogP contribution in [0.2, 0.25) is 5.02 Å². The third-order valence-electron chi connectivity index (χ3n) is 4.24. The summed E-state index contributed by atoms with van der Waals surface area (Å²) < 4.78 is 0. The van der Waals surface area contributed by atoms with E-state index >= 15 is 0 Å². The van der Waals surface area contributed by atoms with Gasteiger partial charge in [-0.05, 0) is 18.2 Å². The minimum absolute atomic E-state index is 0. The highest BCUT2D eigenvalue weighted by molar-refractivity contribution is 14.0. The fourth-order valence-electron chi connectivity index (χ4n) is 2.94. The quantitative estimate of drug-likeness (QED) is 0.284. The first kappa shape index (κ1) is 21.5. The van der Waals surface area contributed by atoms with Crippen molar-refractivity contribution >= 4 is 53.0 Å². The maximum atomic E-state index is 6.10. The van der Waals surface area contributed by atoms with E-state index in [1.54, 1.807) is 18.6 Å². The van der Waals surface area contributed by atoms with Crippen LogP contribution in [0.4, 0.5) is 11.5 Å². The van der Waals surface area contributed by atoms with Gasteiger partial charge in [0.05, 0.1) is 6.20 Å². The number of nitrogens with zero attached hydrogens (tertiary/aromatic N) is 5. The van der Waals surface area contributed by atoms with Crippen molar-refractivity contribution < 1.29 is 0 Å². The Hall–Kier alpha value is -1.81. The van der Waals surface area contributed by atoms with Crippen molar-refractivity contribution in [2.75, 3.05) is 56.5 Å². The fourth-order valence-corrected chi connectivity index (χ4v) is 3.12. The molecule has 27 heavy (non-hydrogen) atoms. The van der Waals surface area contributed by atoms with Crippen molar-refractivity contribution in [3.05, 3.63) is 47.9 Å². The number of nitrogens with one attached hydrogen (secondary N) is 2. The lowest BCUT2D eigenvalue weighted by Crippen LogP contribution is -2.53. The first-order valence-electron chi connectivity index (χ1n) is 8.72. The zero-order valence-corrected chi connectivity index (χ0v) is 18.4. The molecule has 9 heteroatoms. The predicted octanol–water partition coefficient (Wildman–Crippen LogP) is 2.56. The minimum atomic E-state index is 0. The van der Waals surface area contributed by atoms with E-state index in [2.05, 4.69) is 41.5 Å². The van der Waals surface area contributed by atoms with Crippen LogP contribution in [0.25, 0.3) is 0 Å². The van der Waals surface area contributed by atoms with Gasteiger partial charge < -0.3 is 20.4 Å². The molecule has 1 saturated heterocycles. The van der Waals surface area contributed by atoms with E-state index in [4.69, 9.17) is 11.6 Å². The first-order valence-corrected chi connectivity index (χ1v) is 9.10. The summed E-state index contributed by atoms with van der Waals surface area (Å²) in [5, 5.41) is 7.41. The number of hydrogen-bond acceptors (Lipinski definition) is 5. The van der Waals surface area contributed by atoms with Crippen molar-refractivity contribution in [2.45, 2.75) is 0 Å². The Labute approximate surface area is 182 Å². The summed E-state index contributed by atoms with van der Waals surface area (Å²) in [5.74, 6) is 1.70. The molecule has 0 radical (unpaired) electrons. The Kier molecular flexibility index (Phi) is 8.86. The number of guanidine groups is 1. The van der Waals surface area contributed by atoms with E-state index in [1.165, 1.54) is 5.69 Å². The second-order valence-corrected chi connectivity index (χ2v) is 6.38. The van der Waals surface area contributed by atoms with Crippen molar-refractivity contribution in [1.29, 1.82) is 0 Å². The molecule has 0 amide bonds.